The van der Waals surface area contributed by atoms with E-state index in [9.17, 15) is 5.11 Å². The van der Waals surface area contributed by atoms with E-state index in [1.807, 2.05) is 0 Å². The Hall–Kier alpha value is -0.120. The molecular formula is C20H43IN4O2. The monoisotopic (exact) mass is 498 g/mol. The minimum atomic E-state index is 0. The summed E-state index contributed by atoms with van der Waals surface area (Å²) in [5.41, 5.74) is 0. The van der Waals surface area contributed by atoms with Crippen molar-refractivity contribution in [2.24, 2.45) is 16.8 Å². The number of nitrogens with one attached hydrogen (secondary N) is 2. The average molecular weight is 498 g/mol. The summed E-state index contributed by atoms with van der Waals surface area (Å²) in [7, 11) is 0. The number of morpholine rings is 1. The minimum Gasteiger partial charge on any atom is -0.396 e. The fourth-order valence-corrected chi connectivity index (χ4v) is 3.54. The van der Waals surface area contributed by atoms with Crippen molar-refractivity contribution in [1.82, 2.24) is 15.5 Å². The minimum absolute atomic E-state index is 0. The summed E-state index contributed by atoms with van der Waals surface area (Å²) in [6.07, 6.45) is 4.26. The number of rotatable bonds is 12. The first-order chi connectivity index (χ1) is 12.6. The zero-order valence-electron chi connectivity index (χ0n) is 17.9. The van der Waals surface area contributed by atoms with Gasteiger partial charge in [0.25, 0.3) is 0 Å². The first kappa shape index (κ1) is 26.9. The molecule has 0 amide bonds. The molecule has 0 aliphatic carbocycles. The maximum absolute atomic E-state index is 9.24. The number of aliphatic imine (C=N–C) groups is 1. The van der Waals surface area contributed by atoms with Gasteiger partial charge in [0.1, 0.15) is 0 Å². The first-order valence-corrected chi connectivity index (χ1v) is 10.5. The highest BCUT2D eigenvalue weighted by molar-refractivity contribution is 14.0. The first-order valence-electron chi connectivity index (χ1n) is 10.5. The summed E-state index contributed by atoms with van der Waals surface area (Å²) >= 11 is 0. The number of hydrogen-bond acceptors (Lipinski definition) is 4. The molecule has 1 heterocycles. The van der Waals surface area contributed by atoms with E-state index >= 15 is 0 Å². The molecule has 7 heteroatoms. The van der Waals surface area contributed by atoms with Crippen LogP contribution in [0.4, 0.5) is 0 Å². The predicted molar refractivity (Wildman–Crippen MR) is 125 cm³/mol. The van der Waals surface area contributed by atoms with E-state index < -0.39 is 0 Å². The molecule has 3 N–H and O–H groups in total. The van der Waals surface area contributed by atoms with Crippen molar-refractivity contribution in [3.8, 4) is 0 Å². The topological polar surface area (TPSA) is 69.1 Å². The Labute approximate surface area is 183 Å². The molecule has 6 nitrogen and oxygen atoms in total. The quantitative estimate of drug-likeness (QED) is 0.219. The Kier molecular flexibility index (Phi) is 16.7. The number of nitrogens with zero attached hydrogens (tertiary/aromatic N) is 2. The highest BCUT2D eigenvalue weighted by Crippen LogP contribution is 2.13. The zero-order valence-corrected chi connectivity index (χ0v) is 20.2. The van der Waals surface area contributed by atoms with Crippen LogP contribution in [0.5, 0.6) is 0 Å². The van der Waals surface area contributed by atoms with Gasteiger partial charge in [-0.3, -0.25) is 9.89 Å². The van der Waals surface area contributed by atoms with Crippen molar-refractivity contribution in [2.75, 3.05) is 52.5 Å². The molecule has 0 saturated carbocycles. The van der Waals surface area contributed by atoms with Crippen LogP contribution in [0.15, 0.2) is 4.99 Å². The summed E-state index contributed by atoms with van der Waals surface area (Å²) in [6, 6.07) is 0.506. The lowest BCUT2D eigenvalue weighted by molar-refractivity contribution is 0.0132. The van der Waals surface area contributed by atoms with E-state index in [-0.39, 0.29) is 30.6 Å². The lowest BCUT2D eigenvalue weighted by Gasteiger charge is -2.35. The molecule has 1 rings (SSSR count). The number of hydrogen-bond donors (Lipinski definition) is 3. The van der Waals surface area contributed by atoms with Crippen LogP contribution >= 0.6 is 24.0 Å². The van der Waals surface area contributed by atoms with Crippen LogP contribution < -0.4 is 10.6 Å². The van der Waals surface area contributed by atoms with Crippen molar-refractivity contribution in [1.29, 1.82) is 0 Å². The van der Waals surface area contributed by atoms with Gasteiger partial charge in [0.2, 0.25) is 0 Å². The van der Waals surface area contributed by atoms with Crippen LogP contribution in [0.1, 0.15) is 53.4 Å². The summed E-state index contributed by atoms with van der Waals surface area (Å²) < 4.78 is 5.51. The highest BCUT2D eigenvalue weighted by atomic mass is 127. The molecule has 0 spiro atoms. The van der Waals surface area contributed by atoms with E-state index in [1.54, 1.807) is 0 Å². The summed E-state index contributed by atoms with van der Waals surface area (Å²) in [6.45, 7) is 15.4. The molecule has 0 aromatic heterocycles. The molecule has 0 aromatic carbocycles. The van der Waals surface area contributed by atoms with Gasteiger partial charge in [-0.2, -0.15) is 0 Å². The number of halogens is 1. The van der Waals surface area contributed by atoms with Crippen molar-refractivity contribution < 1.29 is 9.84 Å². The number of aliphatic hydroxyl groups is 1. The molecule has 0 aromatic rings. The lowest BCUT2D eigenvalue weighted by atomic mass is 10.0. The van der Waals surface area contributed by atoms with Gasteiger partial charge in [-0.25, -0.2) is 0 Å². The van der Waals surface area contributed by atoms with Gasteiger partial charge >= 0.3 is 0 Å². The third-order valence-corrected chi connectivity index (χ3v) is 4.90. The van der Waals surface area contributed by atoms with Crippen molar-refractivity contribution in [3.05, 3.63) is 0 Å². The molecule has 2 unspecified atom stereocenters. The van der Waals surface area contributed by atoms with Gasteiger partial charge in [-0.15, -0.1) is 24.0 Å². The molecule has 0 bridgehead atoms. The summed E-state index contributed by atoms with van der Waals surface area (Å²) in [5, 5.41) is 16.2. The van der Waals surface area contributed by atoms with E-state index in [4.69, 9.17) is 9.73 Å². The van der Waals surface area contributed by atoms with Crippen molar-refractivity contribution in [3.63, 3.8) is 0 Å². The van der Waals surface area contributed by atoms with Gasteiger partial charge in [-0.05, 0) is 38.0 Å². The highest BCUT2D eigenvalue weighted by Gasteiger charge is 2.22. The second kappa shape index (κ2) is 16.8. The number of aliphatic hydroxyl groups excluding tert-OH is 1. The van der Waals surface area contributed by atoms with Crippen molar-refractivity contribution >= 4 is 29.9 Å². The summed E-state index contributed by atoms with van der Waals surface area (Å²) in [5.74, 6) is 2.03. The van der Waals surface area contributed by atoms with Crippen LogP contribution in [0.25, 0.3) is 0 Å². The third kappa shape index (κ3) is 12.1. The molecule has 0 radical (unpaired) electrons. The van der Waals surface area contributed by atoms with E-state index in [2.05, 4.69) is 43.2 Å². The van der Waals surface area contributed by atoms with Crippen LogP contribution in [0.3, 0.4) is 0 Å². The molecule has 2 atom stereocenters. The third-order valence-electron chi connectivity index (χ3n) is 4.90. The van der Waals surface area contributed by atoms with Crippen LogP contribution in [0.2, 0.25) is 0 Å². The van der Waals surface area contributed by atoms with Crippen LogP contribution in [-0.4, -0.2) is 74.6 Å². The fraction of sp³-hybridized carbons (Fsp3) is 0.950. The smallest absolute Gasteiger partial charge is 0.191 e. The van der Waals surface area contributed by atoms with Crippen molar-refractivity contribution in [2.45, 2.75) is 59.4 Å². The Morgan fingerprint density at radius 3 is 2.41 bits per heavy atom. The van der Waals surface area contributed by atoms with E-state index in [1.165, 1.54) is 6.42 Å². The maximum Gasteiger partial charge on any atom is 0.191 e. The molecule has 1 aliphatic heterocycles. The number of ether oxygens (including phenoxy) is 1. The second-order valence-corrected chi connectivity index (χ2v) is 7.70. The van der Waals surface area contributed by atoms with Gasteiger partial charge in [0.05, 0.1) is 13.2 Å². The molecule has 1 saturated heterocycles. The van der Waals surface area contributed by atoms with Gasteiger partial charge in [0.15, 0.2) is 5.96 Å². The molecule has 27 heavy (non-hydrogen) atoms. The Balaban J connectivity index is 0.00000676. The lowest BCUT2D eigenvalue weighted by Crippen LogP contribution is -2.51. The standard InChI is InChI=1S/C20H42N4O2.HI/c1-5-7-18(8-11-25)15-22-20(21-6-2)23-16-19(14-17(3)4)24-9-12-26-13-10-24;/h17-19,25H,5-16H2,1-4H3,(H2,21,22,23);1H. The summed E-state index contributed by atoms with van der Waals surface area (Å²) in [4.78, 5) is 7.33. The largest absolute Gasteiger partial charge is 0.396 e. The Bertz CT molecular complexity index is 371. The van der Waals surface area contributed by atoms with Crippen LogP contribution in [0, 0.1) is 11.8 Å². The number of guanidine groups is 1. The zero-order chi connectivity index (χ0) is 19.2. The van der Waals surface area contributed by atoms with E-state index in [0.29, 0.717) is 17.9 Å². The fourth-order valence-electron chi connectivity index (χ4n) is 3.54. The molecular weight excluding hydrogens is 455 g/mol. The molecule has 1 fully saturated rings. The SMILES string of the molecule is CCCC(CCO)CN=C(NCC)NCC(CC(C)C)N1CCOCC1.I. The van der Waals surface area contributed by atoms with Gasteiger partial charge < -0.3 is 20.5 Å². The Morgan fingerprint density at radius 1 is 1.15 bits per heavy atom. The van der Waals surface area contributed by atoms with Crippen LogP contribution in [-0.2, 0) is 4.74 Å². The average Bonchev–Trinajstić information content (AvgIpc) is 2.63. The predicted octanol–water partition coefficient (Wildman–Crippen LogP) is 2.71. The molecule has 162 valence electrons. The Morgan fingerprint density at radius 2 is 1.85 bits per heavy atom. The maximum atomic E-state index is 9.24. The molecule has 1 aliphatic rings. The normalized spacial score (nSPS) is 18.1. The van der Waals surface area contributed by atoms with Gasteiger partial charge in [0, 0.05) is 45.4 Å². The van der Waals surface area contributed by atoms with Gasteiger partial charge in [-0.1, -0.05) is 27.2 Å². The van der Waals surface area contributed by atoms with E-state index in [0.717, 1.165) is 71.2 Å². The second-order valence-electron chi connectivity index (χ2n) is 7.70.